The molecule has 0 bridgehead atoms. The zero-order valence-corrected chi connectivity index (χ0v) is 13.7. The minimum atomic E-state index is 0. The maximum Gasteiger partial charge on any atom is 0.0986 e. The van der Waals surface area contributed by atoms with Crippen LogP contribution in [0.15, 0.2) is 36.9 Å². The summed E-state index contributed by atoms with van der Waals surface area (Å²) in [4.78, 5) is 4.05. The normalized spacial score (nSPS) is 12.9. The van der Waals surface area contributed by atoms with Gasteiger partial charge in [-0.2, -0.15) is 0 Å². The molecular weight excluding hydrogens is 315 g/mol. The van der Waals surface area contributed by atoms with Crippen molar-refractivity contribution >= 4 is 47.4 Å². The highest BCUT2D eigenvalue weighted by Gasteiger charge is 2.13. The van der Waals surface area contributed by atoms with Crippen LogP contribution in [0.25, 0.3) is 11.8 Å². The highest BCUT2D eigenvalue weighted by Crippen LogP contribution is 2.33. The second-order valence-corrected chi connectivity index (χ2v) is 5.37. The summed E-state index contributed by atoms with van der Waals surface area (Å²) < 4.78 is 1.94. The fourth-order valence-corrected chi connectivity index (χ4v) is 2.43. The molecule has 0 aliphatic carbocycles. The second-order valence-electron chi connectivity index (χ2n) is 4.53. The first-order valence-electron chi connectivity index (χ1n) is 6.26. The van der Waals surface area contributed by atoms with Gasteiger partial charge in [-0.25, -0.2) is 4.98 Å². The van der Waals surface area contributed by atoms with Gasteiger partial charge in [0.1, 0.15) is 0 Å². The van der Waals surface area contributed by atoms with E-state index >= 15 is 0 Å². The molecule has 0 saturated heterocycles. The summed E-state index contributed by atoms with van der Waals surface area (Å²) in [6.45, 7) is 4.35. The fourth-order valence-electron chi connectivity index (χ4n) is 1.91. The van der Waals surface area contributed by atoms with Crippen molar-refractivity contribution < 1.29 is 0 Å². The van der Waals surface area contributed by atoms with Gasteiger partial charge < -0.3 is 4.57 Å². The van der Waals surface area contributed by atoms with E-state index in [0.29, 0.717) is 16.0 Å². The third-order valence-electron chi connectivity index (χ3n) is 3.20. The Hall–Kier alpha value is -0.960. The number of hydrogen-bond donors (Lipinski definition) is 0. The Kier molecular flexibility index (Phi) is 6.60. The minimum Gasteiger partial charge on any atom is -0.313 e. The zero-order chi connectivity index (χ0) is 13.8. The predicted octanol–water partition coefficient (Wildman–Crippen LogP) is 5.66. The van der Waals surface area contributed by atoms with Crippen LogP contribution in [0.1, 0.15) is 25.8 Å². The average molecular weight is 332 g/mol. The first-order valence-corrected chi connectivity index (χ1v) is 7.02. The average Bonchev–Trinajstić information content (AvgIpc) is 2.89. The Bertz CT molecular complexity index is 577. The van der Waals surface area contributed by atoms with Crippen LogP contribution in [-0.4, -0.2) is 9.55 Å². The first-order chi connectivity index (χ1) is 9.11. The zero-order valence-electron chi connectivity index (χ0n) is 11.4. The maximum atomic E-state index is 6.32. The Morgan fingerprint density at radius 2 is 2.15 bits per heavy atom. The third kappa shape index (κ3) is 4.02. The van der Waals surface area contributed by atoms with Crippen LogP contribution in [0, 0.1) is 5.92 Å². The van der Waals surface area contributed by atoms with Crippen molar-refractivity contribution in [1.29, 1.82) is 0 Å². The van der Waals surface area contributed by atoms with Gasteiger partial charge in [0.15, 0.2) is 0 Å². The number of aromatic nitrogens is 2. The summed E-state index contributed by atoms with van der Waals surface area (Å²) >= 11 is 12.3. The number of imidazole rings is 1. The Morgan fingerprint density at radius 3 is 2.70 bits per heavy atom. The van der Waals surface area contributed by atoms with Gasteiger partial charge in [-0.15, -0.1) is 12.4 Å². The molecule has 108 valence electrons. The summed E-state index contributed by atoms with van der Waals surface area (Å²) in [6, 6.07) is 5.62. The molecule has 0 fully saturated rings. The van der Waals surface area contributed by atoms with Gasteiger partial charge in [0, 0.05) is 28.6 Å². The number of rotatable bonds is 4. The molecule has 0 spiro atoms. The molecule has 1 aromatic heterocycles. The van der Waals surface area contributed by atoms with E-state index in [1.807, 2.05) is 22.9 Å². The van der Waals surface area contributed by atoms with Crippen molar-refractivity contribution in [3.63, 3.8) is 0 Å². The highest BCUT2D eigenvalue weighted by molar-refractivity contribution is 6.35. The van der Waals surface area contributed by atoms with Gasteiger partial charge in [-0.1, -0.05) is 43.1 Å². The summed E-state index contributed by atoms with van der Waals surface area (Å²) in [6.07, 6.45) is 8.54. The molecule has 1 aromatic carbocycles. The lowest BCUT2D eigenvalue weighted by atomic mass is 9.92. The number of hydrogen-bond acceptors (Lipinski definition) is 1. The SMILES string of the molecule is CCC(C)C(=Cn1ccnc1)c1ccc(Cl)cc1Cl.Cl. The molecule has 5 heteroatoms. The maximum absolute atomic E-state index is 6.32. The largest absolute Gasteiger partial charge is 0.313 e. The summed E-state index contributed by atoms with van der Waals surface area (Å²) in [5.74, 6) is 0.404. The molecule has 2 rings (SSSR count). The van der Waals surface area contributed by atoms with Gasteiger partial charge >= 0.3 is 0 Å². The van der Waals surface area contributed by atoms with Crippen molar-refractivity contribution in [2.24, 2.45) is 5.92 Å². The molecule has 0 aliphatic rings. The predicted molar refractivity (Wildman–Crippen MR) is 89.6 cm³/mol. The van der Waals surface area contributed by atoms with Crippen LogP contribution in [-0.2, 0) is 0 Å². The highest BCUT2D eigenvalue weighted by atomic mass is 35.5. The van der Waals surface area contributed by atoms with Crippen molar-refractivity contribution in [1.82, 2.24) is 9.55 Å². The molecular formula is C15H17Cl3N2. The second kappa shape index (κ2) is 7.72. The molecule has 0 saturated carbocycles. The van der Waals surface area contributed by atoms with Crippen molar-refractivity contribution in [2.75, 3.05) is 0 Å². The van der Waals surface area contributed by atoms with E-state index in [1.54, 1.807) is 18.6 Å². The molecule has 1 heterocycles. The summed E-state index contributed by atoms with van der Waals surface area (Å²) in [5, 5.41) is 1.33. The van der Waals surface area contributed by atoms with Crippen LogP contribution in [0.5, 0.6) is 0 Å². The Morgan fingerprint density at radius 1 is 1.40 bits per heavy atom. The molecule has 20 heavy (non-hydrogen) atoms. The van der Waals surface area contributed by atoms with Crippen LogP contribution in [0.2, 0.25) is 10.0 Å². The topological polar surface area (TPSA) is 17.8 Å². The van der Waals surface area contributed by atoms with Gasteiger partial charge in [0.05, 0.1) is 6.33 Å². The number of benzene rings is 1. The number of nitrogens with zero attached hydrogens (tertiary/aromatic N) is 2. The van der Waals surface area contributed by atoms with Crippen molar-refractivity contribution in [3.8, 4) is 0 Å². The lowest BCUT2D eigenvalue weighted by Gasteiger charge is -2.16. The lowest BCUT2D eigenvalue weighted by Crippen LogP contribution is -2.00. The number of allylic oxidation sites excluding steroid dienone is 1. The van der Waals surface area contributed by atoms with Gasteiger partial charge in [-0.05, 0) is 35.6 Å². The molecule has 2 aromatic rings. The van der Waals surface area contributed by atoms with E-state index in [2.05, 4.69) is 25.0 Å². The molecule has 1 atom stereocenters. The minimum absolute atomic E-state index is 0. The van der Waals surface area contributed by atoms with E-state index in [9.17, 15) is 0 Å². The van der Waals surface area contributed by atoms with Crippen LogP contribution in [0.3, 0.4) is 0 Å². The molecule has 1 unspecified atom stereocenters. The summed E-state index contributed by atoms with van der Waals surface area (Å²) in [7, 11) is 0. The van der Waals surface area contributed by atoms with Gasteiger partial charge in [-0.3, -0.25) is 0 Å². The van der Waals surface area contributed by atoms with Gasteiger partial charge in [0.25, 0.3) is 0 Å². The quantitative estimate of drug-likeness (QED) is 0.707. The van der Waals surface area contributed by atoms with E-state index in [0.717, 1.165) is 12.0 Å². The smallest absolute Gasteiger partial charge is 0.0986 e. The summed E-state index contributed by atoms with van der Waals surface area (Å²) in [5.41, 5.74) is 2.20. The van der Waals surface area contributed by atoms with Crippen molar-refractivity contribution in [2.45, 2.75) is 20.3 Å². The first kappa shape index (κ1) is 17.1. The molecule has 0 N–H and O–H groups in total. The Balaban J connectivity index is 0.00000200. The van der Waals surface area contributed by atoms with E-state index in [1.165, 1.54) is 5.57 Å². The van der Waals surface area contributed by atoms with Gasteiger partial charge in [0.2, 0.25) is 0 Å². The van der Waals surface area contributed by atoms with Crippen LogP contribution in [0.4, 0.5) is 0 Å². The van der Waals surface area contributed by atoms with Crippen LogP contribution >= 0.6 is 35.6 Å². The molecule has 0 radical (unpaired) electrons. The number of halogens is 3. The Labute approximate surface area is 135 Å². The standard InChI is InChI=1S/C15H16Cl2N2.ClH/c1-3-11(2)14(9-19-7-6-18-10-19)13-5-4-12(16)8-15(13)17;/h4-11H,3H2,1-2H3;1H. The van der Waals surface area contributed by atoms with E-state index in [-0.39, 0.29) is 12.4 Å². The molecule has 0 amide bonds. The third-order valence-corrected chi connectivity index (χ3v) is 3.75. The van der Waals surface area contributed by atoms with Crippen LogP contribution < -0.4 is 0 Å². The molecule has 0 aliphatic heterocycles. The molecule has 2 nitrogen and oxygen atoms in total. The fraction of sp³-hybridized carbons (Fsp3) is 0.267. The lowest BCUT2D eigenvalue weighted by molar-refractivity contribution is 0.718. The van der Waals surface area contributed by atoms with E-state index < -0.39 is 0 Å². The van der Waals surface area contributed by atoms with E-state index in [4.69, 9.17) is 23.2 Å². The monoisotopic (exact) mass is 330 g/mol. The van der Waals surface area contributed by atoms with Crippen molar-refractivity contribution in [3.05, 3.63) is 52.5 Å².